The molecule has 0 bridgehead atoms. The van der Waals surface area contributed by atoms with Gasteiger partial charge in [-0.3, -0.25) is 4.79 Å². The molecule has 3 rings (SSSR count). The lowest BCUT2D eigenvalue weighted by Gasteiger charge is -2.02. The number of carbonyl (C=O) groups is 1. The summed E-state index contributed by atoms with van der Waals surface area (Å²) in [7, 11) is 0. The van der Waals surface area contributed by atoms with Crippen LogP contribution in [0.3, 0.4) is 0 Å². The van der Waals surface area contributed by atoms with Gasteiger partial charge in [0.15, 0.2) is 4.80 Å². The van der Waals surface area contributed by atoms with Crippen molar-refractivity contribution in [2.75, 3.05) is 0 Å². The zero-order chi connectivity index (χ0) is 17.1. The Morgan fingerprint density at radius 3 is 2.83 bits per heavy atom. The van der Waals surface area contributed by atoms with Crippen LogP contribution in [-0.4, -0.2) is 10.5 Å². The van der Waals surface area contributed by atoms with Crippen molar-refractivity contribution in [2.45, 2.75) is 26.8 Å². The van der Waals surface area contributed by atoms with Crippen LogP contribution in [-0.2, 0) is 13.0 Å². The van der Waals surface area contributed by atoms with Gasteiger partial charge in [0.1, 0.15) is 0 Å². The number of carbonyl (C=O) groups excluding carboxylic acids is 1. The van der Waals surface area contributed by atoms with Crippen molar-refractivity contribution in [3.05, 3.63) is 76.6 Å². The number of thiazole rings is 1. The summed E-state index contributed by atoms with van der Waals surface area (Å²) in [6.07, 6.45) is 2.82. The molecule has 0 aliphatic carbocycles. The smallest absolute Gasteiger partial charge is 0.279 e. The topological polar surface area (TPSA) is 34.4 Å². The Bertz CT molecular complexity index is 979. The minimum Gasteiger partial charge on any atom is -0.312 e. The van der Waals surface area contributed by atoms with Gasteiger partial charge in [0.2, 0.25) is 0 Å². The van der Waals surface area contributed by atoms with Crippen molar-refractivity contribution in [1.82, 2.24) is 4.57 Å². The number of aryl methyl sites for hydroxylation is 2. The quantitative estimate of drug-likeness (QED) is 0.646. The van der Waals surface area contributed by atoms with E-state index in [9.17, 15) is 4.79 Å². The molecule has 0 N–H and O–H groups in total. The molecule has 0 spiro atoms. The molecular formula is C20H20N2OS. The van der Waals surface area contributed by atoms with Gasteiger partial charge in [-0.05, 0) is 43.2 Å². The second-order valence-electron chi connectivity index (χ2n) is 5.73. The number of benzene rings is 2. The Labute approximate surface area is 145 Å². The first-order chi connectivity index (χ1) is 11.6. The summed E-state index contributed by atoms with van der Waals surface area (Å²) in [5.74, 6) is -0.209. The lowest BCUT2D eigenvalue weighted by molar-refractivity contribution is 0.0998. The van der Waals surface area contributed by atoms with Crippen LogP contribution in [0.1, 0.15) is 28.4 Å². The minimum absolute atomic E-state index is 0.209. The van der Waals surface area contributed by atoms with E-state index in [0.717, 1.165) is 22.2 Å². The van der Waals surface area contributed by atoms with Crippen LogP contribution < -0.4 is 4.80 Å². The second kappa shape index (κ2) is 6.97. The molecule has 24 heavy (non-hydrogen) atoms. The fourth-order valence-electron chi connectivity index (χ4n) is 2.66. The molecule has 0 aliphatic rings. The van der Waals surface area contributed by atoms with E-state index in [1.807, 2.05) is 35.8 Å². The first kappa shape index (κ1) is 16.4. The number of amides is 1. The van der Waals surface area contributed by atoms with Crippen molar-refractivity contribution in [3.63, 3.8) is 0 Å². The maximum atomic E-state index is 12.5. The lowest BCUT2D eigenvalue weighted by Crippen LogP contribution is -2.16. The number of allylic oxidation sites excluding steroid dienone is 1. The molecule has 3 aromatic rings. The van der Waals surface area contributed by atoms with E-state index < -0.39 is 0 Å². The molecule has 0 atom stereocenters. The Morgan fingerprint density at radius 1 is 1.29 bits per heavy atom. The molecule has 0 aliphatic heterocycles. The Morgan fingerprint density at radius 2 is 2.12 bits per heavy atom. The molecule has 122 valence electrons. The number of nitrogens with zero attached hydrogens (tertiary/aromatic N) is 2. The second-order valence-corrected chi connectivity index (χ2v) is 6.74. The Hall–Kier alpha value is -2.46. The standard InChI is InChI=1S/C20H20N2OS/c1-4-11-22-17-10-9-15(5-2)13-18(17)24-20(22)21-19(23)16-8-6-7-14(3)12-16/h4,6-10,12-13H,1,5,11H2,2-3H3. The van der Waals surface area contributed by atoms with E-state index in [0.29, 0.717) is 16.9 Å². The average Bonchev–Trinajstić information content (AvgIpc) is 2.91. The average molecular weight is 336 g/mol. The van der Waals surface area contributed by atoms with Crippen molar-refractivity contribution in [3.8, 4) is 0 Å². The number of hydrogen-bond acceptors (Lipinski definition) is 2. The maximum Gasteiger partial charge on any atom is 0.279 e. The van der Waals surface area contributed by atoms with Crippen molar-refractivity contribution in [2.24, 2.45) is 4.99 Å². The van der Waals surface area contributed by atoms with E-state index in [1.165, 1.54) is 5.56 Å². The van der Waals surface area contributed by atoms with E-state index in [2.05, 4.69) is 36.7 Å². The van der Waals surface area contributed by atoms with Gasteiger partial charge < -0.3 is 4.57 Å². The van der Waals surface area contributed by atoms with Gasteiger partial charge in [0, 0.05) is 12.1 Å². The maximum absolute atomic E-state index is 12.5. The van der Waals surface area contributed by atoms with Crippen molar-refractivity contribution in [1.29, 1.82) is 0 Å². The molecule has 1 heterocycles. The van der Waals surface area contributed by atoms with Gasteiger partial charge in [-0.2, -0.15) is 4.99 Å². The predicted octanol–water partition coefficient (Wildman–Crippen LogP) is 4.50. The number of hydrogen-bond donors (Lipinski definition) is 0. The highest BCUT2D eigenvalue weighted by Crippen LogP contribution is 2.20. The van der Waals surface area contributed by atoms with Crippen LogP contribution in [0.4, 0.5) is 0 Å². The van der Waals surface area contributed by atoms with Crippen molar-refractivity contribution < 1.29 is 4.79 Å². The summed E-state index contributed by atoms with van der Waals surface area (Å²) < 4.78 is 3.19. The molecule has 0 saturated carbocycles. The Balaban J connectivity index is 2.14. The predicted molar refractivity (Wildman–Crippen MR) is 100 cm³/mol. The van der Waals surface area contributed by atoms with Crippen LogP contribution in [0, 0.1) is 6.92 Å². The summed E-state index contributed by atoms with van der Waals surface area (Å²) in [4.78, 5) is 17.6. The first-order valence-corrected chi connectivity index (χ1v) is 8.83. The molecule has 1 aromatic heterocycles. The van der Waals surface area contributed by atoms with Gasteiger partial charge in [-0.25, -0.2) is 0 Å². The van der Waals surface area contributed by atoms with Gasteiger partial charge in [-0.15, -0.1) is 6.58 Å². The van der Waals surface area contributed by atoms with Gasteiger partial charge in [0.05, 0.1) is 10.2 Å². The van der Waals surface area contributed by atoms with Gasteiger partial charge in [-0.1, -0.05) is 48.1 Å². The van der Waals surface area contributed by atoms with Crippen molar-refractivity contribution >= 4 is 27.5 Å². The zero-order valence-electron chi connectivity index (χ0n) is 14.0. The monoisotopic (exact) mass is 336 g/mol. The molecular weight excluding hydrogens is 316 g/mol. The SMILES string of the molecule is C=CCn1c(=NC(=O)c2cccc(C)c2)sc2cc(CC)ccc21. The summed E-state index contributed by atoms with van der Waals surface area (Å²) in [5, 5.41) is 0. The molecule has 0 saturated heterocycles. The largest absolute Gasteiger partial charge is 0.312 e. The third kappa shape index (κ3) is 3.24. The molecule has 1 amide bonds. The molecule has 3 nitrogen and oxygen atoms in total. The highest BCUT2D eigenvalue weighted by Gasteiger charge is 2.09. The third-order valence-corrected chi connectivity index (χ3v) is 4.97. The Kier molecular flexibility index (Phi) is 4.76. The molecule has 0 fully saturated rings. The van der Waals surface area contributed by atoms with Crippen LogP contribution in [0.5, 0.6) is 0 Å². The highest BCUT2D eigenvalue weighted by molar-refractivity contribution is 7.16. The van der Waals surface area contributed by atoms with E-state index in [-0.39, 0.29) is 5.91 Å². The summed E-state index contributed by atoms with van der Waals surface area (Å²) in [5.41, 5.74) is 4.05. The lowest BCUT2D eigenvalue weighted by atomic mass is 10.1. The van der Waals surface area contributed by atoms with Crippen LogP contribution >= 0.6 is 11.3 Å². The summed E-state index contributed by atoms with van der Waals surface area (Å²) >= 11 is 1.55. The molecule has 0 unspecified atom stereocenters. The van der Waals surface area contributed by atoms with E-state index in [4.69, 9.17) is 0 Å². The minimum atomic E-state index is -0.209. The summed E-state index contributed by atoms with van der Waals surface area (Å²) in [6.45, 7) is 8.56. The first-order valence-electron chi connectivity index (χ1n) is 8.01. The van der Waals surface area contributed by atoms with Crippen LogP contribution in [0.15, 0.2) is 60.1 Å². The number of rotatable bonds is 4. The van der Waals surface area contributed by atoms with E-state index >= 15 is 0 Å². The molecule has 0 radical (unpaired) electrons. The fourth-order valence-corrected chi connectivity index (χ4v) is 3.76. The number of aromatic nitrogens is 1. The summed E-state index contributed by atoms with van der Waals surface area (Å²) in [6, 6.07) is 13.9. The number of fused-ring (bicyclic) bond motifs is 1. The molecule has 4 heteroatoms. The zero-order valence-corrected chi connectivity index (χ0v) is 14.8. The third-order valence-electron chi connectivity index (χ3n) is 3.93. The van der Waals surface area contributed by atoms with Gasteiger partial charge >= 0.3 is 0 Å². The van der Waals surface area contributed by atoms with E-state index in [1.54, 1.807) is 17.4 Å². The fraction of sp³-hybridized carbons (Fsp3) is 0.200. The normalized spacial score (nSPS) is 11.8. The molecule has 2 aromatic carbocycles. The van der Waals surface area contributed by atoms with Gasteiger partial charge in [0.25, 0.3) is 5.91 Å². The highest BCUT2D eigenvalue weighted by atomic mass is 32.1. The van der Waals surface area contributed by atoms with Crippen LogP contribution in [0.2, 0.25) is 0 Å². The van der Waals surface area contributed by atoms with Crippen LogP contribution in [0.25, 0.3) is 10.2 Å².